The van der Waals surface area contributed by atoms with Crippen molar-refractivity contribution in [2.45, 2.75) is 0 Å². The molecule has 0 bridgehead atoms. The Hall–Kier alpha value is -1.58. The molecule has 11 heavy (non-hydrogen) atoms. The predicted molar refractivity (Wildman–Crippen MR) is 41.1 cm³/mol. The normalized spacial score (nSPS) is 10.6. The molecule has 0 fully saturated rings. The topological polar surface area (TPSA) is 62.5 Å². The van der Waals surface area contributed by atoms with E-state index < -0.39 is 0 Å². The first-order valence-electron chi connectivity index (χ1n) is 3.16. The maximum Gasteiger partial charge on any atom is 0.225 e. The van der Waals surface area contributed by atoms with Gasteiger partial charge in [0.05, 0.1) is 0 Å². The van der Waals surface area contributed by atoms with Crippen LogP contribution in [0, 0.1) is 0 Å². The van der Waals surface area contributed by atoms with Crippen molar-refractivity contribution in [3.05, 3.63) is 24.0 Å². The van der Waals surface area contributed by atoms with Crippen LogP contribution in [0.2, 0.25) is 0 Å². The van der Waals surface area contributed by atoms with Crippen molar-refractivity contribution in [1.29, 1.82) is 0 Å². The minimum absolute atomic E-state index is 0.224. The highest BCUT2D eigenvalue weighted by molar-refractivity contribution is 5.74. The summed E-state index contributed by atoms with van der Waals surface area (Å²) in [4.78, 5) is 0. The van der Waals surface area contributed by atoms with Gasteiger partial charge in [-0.2, -0.15) is 9.67 Å². The molecule has 0 spiro atoms. The number of hydrazone groups is 1. The van der Waals surface area contributed by atoms with Gasteiger partial charge in [-0.05, 0) is 6.07 Å². The molecule has 3 N–H and O–H groups in total. The van der Waals surface area contributed by atoms with Crippen molar-refractivity contribution >= 4 is 6.21 Å². The number of aryl methyl sites for hydroxylation is 1. The molecule has 0 radical (unpaired) electrons. The summed E-state index contributed by atoms with van der Waals surface area (Å²) in [5, 5.41) is 12.4. The lowest BCUT2D eigenvalue weighted by molar-refractivity contribution is -0.672. The first-order valence-corrected chi connectivity index (χ1v) is 3.16. The van der Waals surface area contributed by atoms with Gasteiger partial charge in [-0.25, -0.2) is 0 Å². The van der Waals surface area contributed by atoms with Crippen molar-refractivity contribution in [2.75, 3.05) is 0 Å². The second-order valence-corrected chi connectivity index (χ2v) is 2.20. The second kappa shape index (κ2) is 3.01. The maximum atomic E-state index is 9.01. The summed E-state index contributed by atoms with van der Waals surface area (Å²) >= 11 is 0. The molecule has 1 aromatic heterocycles. The Labute approximate surface area is 64.6 Å². The number of aromatic hydroxyl groups is 1. The van der Waals surface area contributed by atoms with Crippen molar-refractivity contribution in [2.24, 2.45) is 18.0 Å². The predicted octanol–water partition coefficient (Wildman–Crippen LogP) is -0.491. The molecule has 0 saturated carbocycles. The highest BCUT2D eigenvalue weighted by atomic mass is 16.3. The summed E-state index contributed by atoms with van der Waals surface area (Å²) in [5.74, 6) is 5.18. The number of nitrogens with zero attached hydrogens (tertiary/aromatic N) is 2. The van der Waals surface area contributed by atoms with Crippen LogP contribution >= 0.6 is 0 Å². The van der Waals surface area contributed by atoms with Gasteiger partial charge in [-0.1, -0.05) is 0 Å². The van der Waals surface area contributed by atoms with Crippen LogP contribution in [0.25, 0.3) is 0 Å². The summed E-state index contributed by atoms with van der Waals surface area (Å²) in [7, 11) is 1.80. The summed E-state index contributed by atoms with van der Waals surface area (Å²) < 4.78 is 1.73. The van der Waals surface area contributed by atoms with Crippen LogP contribution in [0.5, 0.6) is 5.75 Å². The molecule has 1 heterocycles. The zero-order chi connectivity index (χ0) is 8.27. The van der Waals surface area contributed by atoms with E-state index >= 15 is 0 Å². The smallest absolute Gasteiger partial charge is 0.225 e. The molecule has 0 unspecified atom stereocenters. The third-order valence-corrected chi connectivity index (χ3v) is 1.36. The van der Waals surface area contributed by atoms with Gasteiger partial charge < -0.3 is 10.9 Å². The van der Waals surface area contributed by atoms with E-state index in [1.165, 1.54) is 6.21 Å². The SMILES string of the molecule is C[n+]1cc(O)ccc1/C=N/N. The van der Waals surface area contributed by atoms with Crippen LogP contribution in [0.1, 0.15) is 5.69 Å². The van der Waals surface area contributed by atoms with E-state index in [-0.39, 0.29) is 5.75 Å². The van der Waals surface area contributed by atoms with Crippen molar-refractivity contribution in [1.82, 2.24) is 0 Å². The van der Waals surface area contributed by atoms with Gasteiger partial charge in [-0.3, -0.25) is 0 Å². The van der Waals surface area contributed by atoms with Crippen LogP contribution in [0.4, 0.5) is 0 Å². The van der Waals surface area contributed by atoms with E-state index in [9.17, 15) is 0 Å². The first kappa shape index (κ1) is 7.53. The fourth-order valence-corrected chi connectivity index (χ4v) is 0.815. The molecule has 4 heteroatoms. The van der Waals surface area contributed by atoms with Gasteiger partial charge in [0.1, 0.15) is 13.3 Å². The zero-order valence-electron chi connectivity index (χ0n) is 6.23. The van der Waals surface area contributed by atoms with Gasteiger partial charge in [0, 0.05) is 6.07 Å². The van der Waals surface area contributed by atoms with Crippen molar-refractivity contribution < 1.29 is 9.67 Å². The summed E-state index contributed by atoms with van der Waals surface area (Å²) in [6.07, 6.45) is 3.09. The third-order valence-electron chi connectivity index (χ3n) is 1.36. The number of hydrogen-bond donors (Lipinski definition) is 2. The number of hydrogen-bond acceptors (Lipinski definition) is 3. The lowest BCUT2D eigenvalue weighted by atomic mass is 10.3. The second-order valence-electron chi connectivity index (χ2n) is 2.20. The summed E-state index contributed by atoms with van der Waals surface area (Å²) in [5.41, 5.74) is 0.838. The summed E-state index contributed by atoms with van der Waals surface area (Å²) in [6.45, 7) is 0. The molecule has 0 aliphatic carbocycles. The molecule has 58 valence electrons. The molecule has 0 aromatic carbocycles. The minimum atomic E-state index is 0.224. The largest absolute Gasteiger partial charge is 0.503 e. The molecule has 1 aromatic rings. The van der Waals surface area contributed by atoms with E-state index in [1.54, 1.807) is 29.9 Å². The molecule has 0 amide bonds. The van der Waals surface area contributed by atoms with E-state index in [2.05, 4.69) is 5.10 Å². The first-order chi connectivity index (χ1) is 5.24. The number of aromatic nitrogens is 1. The fraction of sp³-hybridized carbons (Fsp3) is 0.143. The van der Waals surface area contributed by atoms with Gasteiger partial charge in [0.2, 0.25) is 11.9 Å². The Morgan fingerprint density at radius 1 is 1.64 bits per heavy atom. The molecule has 1 rings (SSSR count). The number of pyridine rings is 1. The van der Waals surface area contributed by atoms with E-state index in [1.807, 2.05) is 0 Å². The molecular formula is C7H10N3O+. The van der Waals surface area contributed by atoms with Crippen LogP contribution in [-0.2, 0) is 7.05 Å². The van der Waals surface area contributed by atoms with Crippen LogP contribution in [0.15, 0.2) is 23.4 Å². The highest BCUT2D eigenvalue weighted by Gasteiger charge is 2.02. The molecule has 0 saturated heterocycles. The van der Waals surface area contributed by atoms with Gasteiger partial charge in [0.15, 0.2) is 5.75 Å². The lowest BCUT2D eigenvalue weighted by Crippen LogP contribution is -2.32. The van der Waals surface area contributed by atoms with Crippen LogP contribution < -0.4 is 10.4 Å². The number of rotatable bonds is 1. The third kappa shape index (κ3) is 1.67. The van der Waals surface area contributed by atoms with Gasteiger partial charge >= 0.3 is 0 Å². The van der Waals surface area contributed by atoms with Gasteiger partial charge in [0.25, 0.3) is 0 Å². The van der Waals surface area contributed by atoms with E-state index in [4.69, 9.17) is 10.9 Å². The molecule has 4 nitrogen and oxygen atoms in total. The Bertz CT molecular complexity index is 283. The monoisotopic (exact) mass is 152 g/mol. The van der Waals surface area contributed by atoms with E-state index in [0.717, 1.165) is 5.69 Å². The quantitative estimate of drug-likeness (QED) is 0.247. The maximum absolute atomic E-state index is 9.01. The lowest BCUT2D eigenvalue weighted by Gasteiger charge is -1.92. The van der Waals surface area contributed by atoms with Crippen molar-refractivity contribution in [3.8, 4) is 5.75 Å². The Balaban J connectivity index is 3.09. The average Bonchev–Trinajstić information content (AvgIpc) is 1.95. The minimum Gasteiger partial charge on any atom is -0.503 e. The molecule has 0 atom stereocenters. The fourth-order valence-electron chi connectivity index (χ4n) is 0.815. The molecular weight excluding hydrogens is 142 g/mol. The Kier molecular flexibility index (Phi) is 2.06. The Morgan fingerprint density at radius 2 is 2.36 bits per heavy atom. The van der Waals surface area contributed by atoms with E-state index in [0.29, 0.717) is 0 Å². The molecule has 0 aliphatic heterocycles. The average molecular weight is 152 g/mol. The zero-order valence-corrected chi connectivity index (χ0v) is 6.23. The Morgan fingerprint density at radius 3 is 2.91 bits per heavy atom. The number of nitrogens with two attached hydrogens (primary N) is 1. The van der Waals surface area contributed by atoms with Crippen molar-refractivity contribution in [3.63, 3.8) is 0 Å². The highest BCUT2D eigenvalue weighted by Crippen LogP contribution is 2.01. The van der Waals surface area contributed by atoms with Gasteiger partial charge in [-0.15, -0.1) is 0 Å². The summed E-state index contributed by atoms with van der Waals surface area (Å²) in [6, 6.07) is 3.31. The van der Waals surface area contributed by atoms with Crippen LogP contribution in [0.3, 0.4) is 0 Å². The van der Waals surface area contributed by atoms with Crippen LogP contribution in [-0.4, -0.2) is 11.3 Å². The standard InChI is InChI=1S/C7H9N3O/c1-10-5-7(11)3-2-6(10)4-9-8/h2-5,8,11H,1H3/p+1. The molecule has 0 aliphatic rings.